The van der Waals surface area contributed by atoms with Crippen molar-refractivity contribution in [3.05, 3.63) is 0 Å². The molecule has 1 heterocycles. The van der Waals surface area contributed by atoms with Crippen LogP contribution in [-0.4, -0.2) is 48.8 Å². The smallest absolute Gasteiger partial charge is 0.0552 e. The summed E-state index contributed by atoms with van der Waals surface area (Å²) in [6, 6.07) is 0. The van der Waals surface area contributed by atoms with Gasteiger partial charge in [0.2, 0.25) is 0 Å². The first-order valence-electron chi connectivity index (χ1n) is 7.68. The highest BCUT2D eigenvalue weighted by Gasteiger charge is 2.33. The second kappa shape index (κ2) is 7.46. The molecule has 0 aromatic heterocycles. The van der Waals surface area contributed by atoms with E-state index in [4.69, 9.17) is 0 Å². The highest BCUT2D eigenvalue weighted by molar-refractivity contribution is 4.87. The number of nitrogens with zero attached hydrogens (tertiary/aromatic N) is 1. The van der Waals surface area contributed by atoms with E-state index in [1.807, 2.05) is 6.92 Å². The van der Waals surface area contributed by atoms with Crippen molar-refractivity contribution in [3.63, 3.8) is 0 Å². The van der Waals surface area contributed by atoms with Crippen molar-refractivity contribution in [3.8, 4) is 0 Å². The fourth-order valence-corrected chi connectivity index (χ4v) is 3.04. The van der Waals surface area contributed by atoms with Crippen molar-refractivity contribution in [1.29, 1.82) is 0 Å². The molecule has 0 radical (unpaired) electrons. The third kappa shape index (κ3) is 4.22. The molecule has 2 N–H and O–H groups in total. The van der Waals surface area contributed by atoms with Gasteiger partial charge in [0, 0.05) is 19.6 Å². The summed E-state index contributed by atoms with van der Waals surface area (Å²) in [5.41, 5.74) is 0.406. The molecule has 2 atom stereocenters. The number of aliphatic hydroxyl groups excluding tert-OH is 1. The lowest BCUT2D eigenvalue weighted by Gasteiger charge is -2.36. The minimum absolute atomic E-state index is 0.151. The Bertz CT molecular complexity index is 227. The SMILES string of the molecule is CCNCC(CC)(CC)CN1CCC(C(C)O)C1. The van der Waals surface area contributed by atoms with Crippen LogP contribution in [0.5, 0.6) is 0 Å². The lowest BCUT2D eigenvalue weighted by atomic mass is 9.81. The quantitative estimate of drug-likeness (QED) is 0.698. The number of aliphatic hydroxyl groups is 1. The number of nitrogens with one attached hydrogen (secondary N) is 1. The van der Waals surface area contributed by atoms with E-state index in [1.54, 1.807) is 0 Å². The molecule has 0 saturated carbocycles. The zero-order valence-electron chi connectivity index (χ0n) is 12.7. The Labute approximate surface area is 113 Å². The second-order valence-electron chi connectivity index (χ2n) is 6.01. The summed E-state index contributed by atoms with van der Waals surface area (Å²) in [6.45, 7) is 14.3. The molecule has 1 rings (SSSR count). The minimum Gasteiger partial charge on any atom is -0.393 e. The molecule has 18 heavy (non-hydrogen) atoms. The number of hydrogen-bond acceptors (Lipinski definition) is 3. The lowest BCUT2D eigenvalue weighted by molar-refractivity contribution is 0.113. The molecule has 3 heteroatoms. The molecule has 0 aromatic carbocycles. The van der Waals surface area contributed by atoms with Crippen LogP contribution in [0.1, 0.15) is 47.0 Å². The summed E-state index contributed by atoms with van der Waals surface area (Å²) in [5.74, 6) is 0.482. The van der Waals surface area contributed by atoms with Crippen molar-refractivity contribution in [2.45, 2.75) is 53.1 Å². The van der Waals surface area contributed by atoms with Crippen LogP contribution >= 0.6 is 0 Å². The first-order chi connectivity index (χ1) is 8.56. The van der Waals surface area contributed by atoms with E-state index in [0.29, 0.717) is 11.3 Å². The molecule has 0 spiro atoms. The highest BCUT2D eigenvalue weighted by atomic mass is 16.3. The van der Waals surface area contributed by atoms with E-state index in [-0.39, 0.29) is 6.10 Å². The van der Waals surface area contributed by atoms with Gasteiger partial charge in [0.25, 0.3) is 0 Å². The average molecular weight is 256 g/mol. The molecule has 2 unspecified atom stereocenters. The monoisotopic (exact) mass is 256 g/mol. The molecule has 0 aromatic rings. The summed E-state index contributed by atoms with van der Waals surface area (Å²) in [4.78, 5) is 2.56. The predicted octanol–water partition coefficient (Wildman–Crippen LogP) is 2.11. The molecule has 1 fully saturated rings. The Balaban J connectivity index is 2.51. The highest BCUT2D eigenvalue weighted by Crippen LogP contribution is 2.30. The van der Waals surface area contributed by atoms with Crippen LogP contribution in [0, 0.1) is 11.3 Å². The zero-order valence-corrected chi connectivity index (χ0v) is 12.7. The van der Waals surface area contributed by atoms with Gasteiger partial charge < -0.3 is 15.3 Å². The first kappa shape index (κ1) is 15.9. The largest absolute Gasteiger partial charge is 0.393 e. The van der Waals surface area contributed by atoms with Crippen LogP contribution < -0.4 is 5.32 Å². The van der Waals surface area contributed by atoms with Gasteiger partial charge in [0.05, 0.1) is 6.10 Å². The maximum atomic E-state index is 9.69. The van der Waals surface area contributed by atoms with Crippen LogP contribution in [-0.2, 0) is 0 Å². The molecule has 0 amide bonds. The van der Waals surface area contributed by atoms with E-state index in [0.717, 1.165) is 32.6 Å². The summed E-state index contributed by atoms with van der Waals surface area (Å²) in [5, 5.41) is 13.2. The van der Waals surface area contributed by atoms with Crippen LogP contribution in [0.4, 0.5) is 0 Å². The fourth-order valence-electron chi connectivity index (χ4n) is 3.04. The Morgan fingerprint density at radius 1 is 1.33 bits per heavy atom. The van der Waals surface area contributed by atoms with Crippen molar-refractivity contribution >= 4 is 0 Å². The van der Waals surface area contributed by atoms with E-state index in [9.17, 15) is 5.11 Å². The maximum Gasteiger partial charge on any atom is 0.0552 e. The zero-order chi connectivity index (χ0) is 13.6. The second-order valence-corrected chi connectivity index (χ2v) is 6.01. The lowest BCUT2D eigenvalue weighted by Crippen LogP contribution is -2.43. The van der Waals surface area contributed by atoms with Crippen molar-refractivity contribution in [2.24, 2.45) is 11.3 Å². The molecule has 1 saturated heterocycles. The van der Waals surface area contributed by atoms with E-state index in [1.165, 1.54) is 19.4 Å². The Morgan fingerprint density at radius 3 is 2.44 bits per heavy atom. The number of hydrogen-bond donors (Lipinski definition) is 2. The van der Waals surface area contributed by atoms with Gasteiger partial charge in [-0.3, -0.25) is 0 Å². The topological polar surface area (TPSA) is 35.5 Å². The first-order valence-corrected chi connectivity index (χ1v) is 7.68. The molecule has 1 aliphatic rings. The molecule has 0 bridgehead atoms. The van der Waals surface area contributed by atoms with E-state index in [2.05, 4.69) is 31.0 Å². The number of rotatable bonds is 8. The Hall–Kier alpha value is -0.120. The molecular weight excluding hydrogens is 224 g/mol. The van der Waals surface area contributed by atoms with Crippen molar-refractivity contribution in [1.82, 2.24) is 10.2 Å². The summed E-state index contributed by atoms with van der Waals surface area (Å²) < 4.78 is 0. The normalized spacial score (nSPS) is 23.5. The molecule has 3 nitrogen and oxygen atoms in total. The molecular formula is C15H32N2O. The van der Waals surface area contributed by atoms with Gasteiger partial charge in [-0.05, 0) is 50.6 Å². The predicted molar refractivity (Wildman–Crippen MR) is 77.8 cm³/mol. The van der Waals surface area contributed by atoms with Crippen LogP contribution in [0.25, 0.3) is 0 Å². The van der Waals surface area contributed by atoms with E-state index >= 15 is 0 Å². The Kier molecular flexibility index (Phi) is 6.61. The average Bonchev–Trinajstić information content (AvgIpc) is 2.83. The van der Waals surface area contributed by atoms with Gasteiger partial charge in [0.15, 0.2) is 0 Å². The van der Waals surface area contributed by atoms with Crippen LogP contribution in [0.15, 0.2) is 0 Å². The maximum absolute atomic E-state index is 9.69. The van der Waals surface area contributed by atoms with Gasteiger partial charge in [-0.15, -0.1) is 0 Å². The summed E-state index contributed by atoms with van der Waals surface area (Å²) >= 11 is 0. The molecule has 0 aliphatic carbocycles. The van der Waals surface area contributed by atoms with E-state index < -0.39 is 0 Å². The summed E-state index contributed by atoms with van der Waals surface area (Å²) in [6.07, 6.45) is 3.46. The summed E-state index contributed by atoms with van der Waals surface area (Å²) in [7, 11) is 0. The number of likely N-dealkylation sites (tertiary alicyclic amines) is 1. The third-order valence-electron chi connectivity index (χ3n) is 4.80. The fraction of sp³-hybridized carbons (Fsp3) is 1.00. The van der Waals surface area contributed by atoms with Gasteiger partial charge in [0.1, 0.15) is 0 Å². The molecule has 108 valence electrons. The van der Waals surface area contributed by atoms with Gasteiger partial charge in [-0.25, -0.2) is 0 Å². The van der Waals surface area contributed by atoms with Crippen molar-refractivity contribution < 1.29 is 5.11 Å². The van der Waals surface area contributed by atoms with Gasteiger partial charge >= 0.3 is 0 Å². The van der Waals surface area contributed by atoms with Crippen LogP contribution in [0.3, 0.4) is 0 Å². The third-order valence-corrected chi connectivity index (χ3v) is 4.80. The molecule has 1 aliphatic heterocycles. The minimum atomic E-state index is -0.151. The van der Waals surface area contributed by atoms with Crippen molar-refractivity contribution in [2.75, 3.05) is 32.7 Å². The van der Waals surface area contributed by atoms with Crippen LogP contribution in [0.2, 0.25) is 0 Å². The van der Waals surface area contributed by atoms with Gasteiger partial charge in [-0.2, -0.15) is 0 Å². The standard InChI is InChI=1S/C15H32N2O/c1-5-15(6-2,11-16-7-3)12-17-9-8-14(10-17)13(4)18/h13-14,16,18H,5-12H2,1-4H3. The van der Waals surface area contributed by atoms with Gasteiger partial charge in [-0.1, -0.05) is 20.8 Å². The Morgan fingerprint density at radius 2 is 2.00 bits per heavy atom.